The molecule has 116 valence electrons. The van der Waals surface area contributed by atoms with Gasteiger partial charge in [-0.25, -0.2) is 4.99 Å². The van der Waals surface area contributed by atoms with Crippen molar-refractivity contribution < 1.29 is 9.53 Å². The molecule has 0 atom stereocenters. The third-order valence-corrected chi connectivity index (χ3v) is 3.67. The van der Waals surface area contributed by atoms with E-state index in [1.165, 1.54) is 12.8 Å². The number of halogens is 1. The molecular formula is C13H25IN4O2. The van der Waals surface area contributed by atoms with Gasteiger partial charge < -0.3 is 20.3 Å². The maximum absolute atomic E-state index is 11.9. The van der Waals surface area contributed by atoms with Crippen molar-refractivity contribution in [3.63, 3.8) is 0 Å². The minimum Gasteiger partial charge on any atom is -0.378 e. The molecule has 2 fully saturated rings. The van der Waals surface area contributed by atoms with Crippen LogP contribution < -0.4 is 5.73 Å². The standard InChI is InChI=1S/C13H24N4O2.HI/c14-13(17-5-3-1-2-4-6-17)15-11-12(18)16-7-9-19-10-8-16;/h1-11H2,(H2,14,15);1H. The zero-order valence-electron chi connectivity index (χ0n) is 11.9. The first-order chi connectivity index (χ1) is 9.27. The molecular weight excluding hydrogens is 371 g/mol. The summed E-state index contributed by atoms with van der Waals surface area (Å²) in [7, 11) is 0. The highest BCUT2D eigenvalue weighted by molar-refractivity contribution is 14.0. The van der Waals surface area contributed by atoms with Crippen LogP contribution in [0, 0.1) is 0 Å². The molecule has 0 unspecified atom stereocenters. The molecule has 2 aliphatic heterocycles. The van der Waals surface area contributed by atoms with E-state index < -0.39 is 0 Å². The number of rotatable bonds is 2. The summed E-state index contributed by atoms with van der Waals surface area (Å²) in [6.45, 7) is 4.65. The lowest BCUT2D eigenvalue weighted by Gasteiger charge is -2.26. The van der Waals surface area contributed by atoms with E-state index in [2.05, 4.69) is 9.89 Å². The second-order valence-corrected chi connectivity index (χ2v) is 5.07. The van der Waals surface area contributed by atoms with Crippen LogP contribution in [0.15, 0.2) is 4.99 Å². The van der Waals surface area contributed by atoms with Crippen molar-refractivity contribution >= 4 is 35.8 Å². The Kier molecular flexibility index (Phi) is 8.20. The Balaban J connectivity index is 0.00000200. The zero-order valence-corrected chi connectivity index (χ0v) is 14.3. The highest BCUT2D eigenvalue weighted by Crippen LogP contribution is 2.09. The molecule has 0 aromatic heterocycles. The Bertz CT molecular complexity index is 324. The molecule has 0 bridgehead atoms. The summed E-state index contributed by atoms with van der Waals surface area (Å²) in [4.78, 5) is 20.1. The van der Waals surface area contributed by atoms with Gasteiger partial charge in [-0.1, -0.05) is 12.8 Å². The predicted octanol–water partition coefficient (Wildman–Crippen LogP) is 0.654. The Morgan fingerprint density at radius 3 is 2.20 bits per heavy atom. The average molecular weight is 396 g/mol. The second kappa shape index (κ2) is 9.38. The molecule has 0 radical (unpaired) electrons. The number of morpholine rings is 1. The van der Waals surface area contributed by atoms with Crippen LogP contribution in [0.3, 0.4) is 0 Å². The number of amides is 1. The van der Waals surface area contributed by atoms with Crippen LogP contribution in [0.5, 0.6) is 0 Å². The predicted molar refractivity (Wildman–Crippen MR) is 89.3 cm³/mol. The summed E-state index contributed by atoms with van der Waals surface area (Å²) in [5.41, 5.74) is 5.98. The number of nitrogens with zero attached hydrogens (tertiary/aromatic N) is 3. The first kappa shape index (κ1) is 17.5. The number of hydrogen-bond acceptors (Lipinski definition) is 3. The SMILES string of the molecule is I.NC(=NCC(=O)N1CCOCC1)N1CCCCCC1. The molecule has 2 saturated heterocycles. The molecule has 0 saturated carbocycles. The Morgan fingerprint density at radius 2 is 1.60 bits per heavy atom. The van der Waals surface area contributed by atoms with Crippen LogP contribution in [0.2, 0.25) is 0 Å². The average Bonchev–Trinajstić information content (AvgIpc) is 2.74. The summed E-state index contributed by atoms with van der Waals surface area (Å²) in [6, 6.07) is 0. The number of hydrogen-bond donors (Lipinski definition) is 1. The van der Waals surface area contributed by atoms with Gasteiger partial charge in [-0.3, -0.25) is 4.79 Å². The monoisotopic (exact) mass is 396 g/mol. The van der Waals surface area contributed by atoms with Crippen molar-refractivity contribution in [2.24, 2.45) is 10.7 Å². The number of likely N-dealkylation sites (tertiary alicyclic amines) is 1. The molecule has 1 amide bonds. The summed E-state index contributed by atoms with van der Waals surface area (Å²) in [6.07, 6.45) is 4.84. The Morgan fingerprint density at radius 1 is 1.00 bits per heavy atom. The van der Waals surface area contributed by atoms with E-state index in [0.29, 0.717) is 32.3 Å². The molecule has 0 aliphatic carbocycles. The lowest BCUT2D eigenvalue weighted by molar-refractivity contribution is -0.133. The lowest BCUT2D eigenvalue weighted by Crippen LogP contribution is -2.43. The van der Waals surface area contributed by atoms with E-state index in [1.807, 2.05) is 0 Å². The summed E-state index contributed by atoms with van der Waals surface area (Å²) < 4.78 is 5.22. The first-order valence-electron chi connectivity index (χ1n) is 7.18. The van der Waals surface area contributed by atoms with Gasteiger partial charge in [0.05, 0.1) is 13.2 Å². The highest BCUT2D eigenvalue weighted by atomic mass is 127. The van der Waals surface area contributed by atoms with Gasteiger partial charge in [0, 0.05) is 26.2 Å². The van der Waals surface area contributed by atoms with Crippen LogP contribution in [-0.4, -0.2) is 67.6 Å². The van der Waals surface area contributed by atoms with Gasteiger partial charge in [0.1, 0.15) is 6.54 Å². The van der Waals surface area contributed by atoms with Gasteiger partial charge in [-0.05, 0) is 12.8 Å². The number of nitrogens with two attached hydrogens (primary N) is 1. The number of guanidine groups is 1. The second-order valence-electron chi connectivity index (χ2n) is 5.07. The van der Waals surface area contributed by atoms with Crippen LogP contribution in [0.25, 0.3) is 0 Å². The molecule has 0 aromatic rings. The van der Waals surface area contributed by atoms with Gasteiger partial charge in [-0.15, -0.1) is 24.0 Å². The third kappa shape index (κ3) is 5.43. The Hall–Kier alpha value is -0.570. The van der Waals surface area contributed by atoms with E-state index in [9.17, 15) is 4.79 Å². The third-order valence-electron chi connectivity index (χ3n) is 3.67. The van der Waals surface area contributed by atoms with E-state index in [-0.39, 0.29) is 36.4 Å². The van der Waals surface area contributed by atoms with Crippen LogP contribution in [0.4, 0.5) is 0 Å². The maximum atomic E-state index is 11.9. The largest absolute Gasteiger partial charge is 0.378 e. The molecule has 2 aliphatic rings. The smallest absolute Gasteiger partial charge is 0.244 e. The molecule has 0 aromatic carbocycles. The zero-order chi connectivity index (χ0) is 13.5. The number of aliphatic imine (C=N–C) groups is 1. The van der Waals surface area contributed by atoms with Crippen LogP contribution in [0.1, 0.15) is 25.7 Å². The molecule has 2 rings (SSSR count). The maximum Gasteiger partial charge on any atom is 0.244 e. The van der Waals surface area contributed by atoms with Gasteiger partial charge in [0.25, 0.3) is 0 Å². The molecule has 6 nitrogen and oxygen atoms in total. The lowest BCUT2D eigenvalue weighted by atomic mass is 10.2. The van der Waals surface area contributed by atoms with Gasteiger partial charge >= 0.3 is 0 Å². The van der Waals surface area contributed by atoms with Crippen molar-refractivity contribution in [1.82, 2.24) is 9.80 Å². The molecule has 20 heavy (non-hydrogen) atoms. The summed E-state index contributed by atoms with van der Waals surface area (Å²) in [5.74, 6) is 0.560. The number of carbonyl (C=O) groups is 1. The van der Waals surface area contributed by atoms with Crippen molar-refractivity contribution in [2.75, 3.05) is 45.9 Å². The normalized spacial score (nSPS) is 21.1. The fraction of sp³-hybridized carbons (Fsp3) is 0.846. The minimum atomic E-state index is 0. The van der Waals surface area contributed by atoms with E-state index >= 15 is 0 Å². The molecule has 2 heterocycles. The van der Waals surface area contributed by atoms with Crippen LogP contribution >= 0.6 is 24.0 Å². The highest BCUT2D eigenvalue weighted by Gasteiger charge is 2.17. The first-order valence-corrected chi connectivity index (χ1v) is 7.18. The molecule has 0 spiro atoms. The quantitative estimate of drug-likeness (QED) is 0.423. The van der Waals surface area contributed by atoms with E-state index in [4.69, 9.17) is 10.5 Å². The van der Waals surface area contributed by atoms with Crippen molar-refractivity contribution in [1.29, 1.82) is 0 Å². The topological polar surface area (TPSA) is 71.2 Å². The van der Waals surface area contributed by atoms with E-state index in [0.717, 1.165) is 25.9 Å². The number of ether oxygens (including phenoxy) is 1. The van der Waals surface area contributed by atoms with Gasteiger partial charge in [0.2, 0.25) is 5.91 Å². The number of carbonyl (C=O) groups excluding carboxylic acids is 1. The minimum absolute atomic E-state index is 0. The van der Waals surface area contributed by atoms with E-state index in [1.54, 1.807) is 4.90 Å². The van der Waals surface area contributed by atoms with Crippen molar-refractivity contribution in [2.45, 2.75) is 25.7 Å². The molecule has 7 heteroatoms. The van der Waals surface area contributed by atoms with Crippen molar-refractivity contribution in [3.8, 4) is 0 Å². The summed E-state index contributed by atoms with van der Waals surface area (Å²) in [5, 5.41) is 0. The molecule has 2 N–H and O–H groups in total. The van der Waals surface area contributed by atoms with Gasteiger partial charge in [0.15, 0.2) is 5.96 Å². The van der Waals surface area contributed by atoms with Crippen LogP contribution in [-0.2, 0) is 9.53 Å². The summed E-state index contributed by atoms with van der Waals surface area (Å²) >= 11 is 0. The Labute approximate surface area is 137 Å². The fourth-order valence-corrected chi connectivity index (χ4v) is 2.46. The van der Waals surface area contributed by atoms with Crippen molar-refractivity contribution in [3.05, 3.63) is 0 Å². The van der Waals surface area contributed by atoms with Gasteiger partial charge in [-0.2, -0.15) is 0 Å². The fourth-order valence-electron chi connectivity index (χ4n) is 2.46.